The van der Waals surface area contributed by atoms with Crippen LogP contribution in [-0.4, -0.2) is 37.2 Å². The molecule has 8 heteroatoms. The van der Waals surface area contributed by atoms with E-state index in [4.69, 9.17) is 9.26 Å². The summed E-state index contributed by atoms with van der Waals surface area (Å²) in [7, 11) is 1.55. The van der Waals surface area contributed by atoms with Gasteiger partial charge in [0.15, 0.2) is 0 Å². The van der Waals surface area contributed by atoms with Crippen molar-refractivity contribution in [3.63, 3.8) is 0 Å². The van der Waals surface area contributed by atoms with Crippen LogP contribution in [0.3, 0.4) is 0 Å². The van der Waals surface area contributed by atoms with Crippen molar-refractivity contribution < 1.29 is 9.26 Å². The van der Waals surface area contributed by atoms with E-state index in [2.05, 4.69) is 39.3 Å². The zero-order chi connectivity index (χ0) is 17.4. The van der Waals surface area contributed by atoms with E-state index in [0.717, 1.165) is 16.6 Å². The summed E-state index contributed by atoms with van der Waals surface area (Å²) in [4.78, 5) is 8.61. The van der Waals surface area contributed by atoms with Crippen molar-refractivity contribution in [3.8, 4) is 28.7 Å². The molecule has 4 aromatic rings. The van der Waals surface area contributed by atoms with Gasteiger partial charge in [0.2, 0.25) is 11.7 Å². The number of methoxy groups -OCH3 is 1. The van der Waals surface area contributed by atoms with Crippen LogP contribution in [-0.2, 0) is 0 Å². The third kappa shape index (κ3) is 2.61. The minimum absolute atomic E-state index is 0.240. The molecule has 25 heavy (non-hydrogen) atoms. The molecular weight excluding hydrogens is 320 g/mol. The fraction of sp³-hybridized carbons (Fsp3) is 0.235. The van der Waals surface area contributed by atoms with Gasteiger partial charge in [-0.1, -0.05) is 10.4 Å². The van der Waals surface area contributed by atoms with Crippen molar-refractivity contribution in [2.24, 2.45) is 0 Å². The Morgan fingerprint density at radius 2 is 2.08 bits per heavy atom. The maximum atomic E-state index is 5.41. The van der Waals surface area contributed by atoms with Gasteiger partial charge in [-0.2, -0.15) is 4.98 Å². The van der Waals surface area contributed by atoms with Gasteiger partial charge in [0.25, 0.3) is 5.89 Å². The van der Waals surface area contributed by atoms with E-state index in [1.165, 1.54) is 0 Å². The first kappa shape index (κ1) is 15.3. The molecule has 0 bridgehead atoms. The van der Waals surface area contributed by atoms with E-state index < -0.39 is 0 Å². The maximum absolute atomic E-state index is 5.41. The van der Waals surface area contributed by atoms with Gasteiger partial charge >= 0.3 is 0 Å². The summed E-state index contributed by atoms with van der Waals surface area (Å²) in [5, 5.41) is 12.4. The number of fused-ring (bicyclic) bond motifs is 1. The van der Waals surface area contributed by atoms with E-state index in [1.807, 2.05) is 28.9 Å². The summed E-state index contributed by atoms with van der Waals surface area (Å²) in [5.74, 6) is 1.28. The van der Waals surface area contributed by atoms with Crippen molar-refractivity contribution in [1.82, 2.24) is 30.1 Å². The molecule has 0 radical (unpaired) electrons. The first-order chi connectivity index (χ1) is 12.2. The molecule has 0 saturated heterocycles. The van der Waals surface area contributed by atoms with E-state index in [1.54, 1.807) is 19.4 Å². The predicted octanol–water partition coefficient (Wildman–Crippen LogP) is 3.13. The number of ether oxygens (including phenoxy) is 1. The molecule has 4 rings (SSSR count). The molecule has 0 aliphatic carbocycles. The summed E-state index contributed by atoms with van der Waals surface area (Å²) in [6.45, 7) is 4.13. The van der Waals surface area contributed by atoms with Gasteiger partial charge in [-0.3, -0.25) is 0 Å². The summed E-state index contributed by atoms with van der Waals surface area (Å²) in [5.41, 5.74) is 3.20. The molecule has 0 N–H and O–H groups in total. The molecule has 0 amide bonds. The second kappa shape index (κ2) is 5.97. The summed E-state index contributed by atoms with van der Waals surface area (Å²) in [6, 6.07) is 9.63. The quantitative estimate of drug-likeness (QED) is 0.565. The van der Waals surface area contributed by atoms with Gasteiger partial charge < -0.3 is 9.26 Å². The number of nitrogens with zero attached hydrogens (tertiary/aromatic N) is 6. The highest BCUT2D eigenvalue weighted by atomic mass is 16.5. The van der Waals surface area contributed by atoms with Crippen LogP contribution in [0.1, 0.15) is 19.9 Å². The normalized spacial score (nSPS) is 11.4. The molecule has 1 aromatic carbocycles. The smallest absolute Gasteiger partial charge is 0.258 e. The molecular formula is C17H16N6O2. The summed E-state index contributed by atoms with van der Waals surface area (Å²) in [6.07, 6.45) is 1.65. The lowest BCUT2D eigenvalue weighted by atomic mass is 10.2. The fourth-order valence-electron chi connectivity index (χ4n) is 2.63. The van der Waals surface area contributed by atoms with E-state index in [-0.39, 0.29) is 6.04 Å². The predicted molar refractivity (Wildman–Crippen MR) is 91.0 cm³/mol. The van der Waals surface area contributed by atoms with Crippen molar-refractivity contribution in [1.29, 1.82) is 0 Å². The molecule has 0 unspecified atom stereocenters. The maximum Gasteiger partial charge on any atom is 0.258 e. The second-order valence-electron chi connectivity index (χ2n) is 5.81. The zero-order valence-corrected chi connectivity index (χ0v) is 14.0. The Hall–Kier alpha value is -3.29. The fourth-order valence-corrected chi connectivity index (χ4v) is 2.63. The van der Waals surface area contributed by atoms with Crippen LogP contribution < -0.4 is 4.74 Å². The van der Waals surface area contributed by atoms with Crippen molar-refractivity contribution >= 4 is 11.0 Å². The van der Waals surface area contributed by atoms with Gasteiger partial charge in [-0.15, -0.1) is 5.10 Å². The minimum Gasteiger partial charge on any atom is -0.480 e. The van der Waals surface area contributed by atoms with Gasteiger partial charge in [-0.25, -0.2) is 9.67 Å². The Balaban J connectivity index is 1.74. The lowest BCUT2D eigenvalue weighted by Crippen LogP contribution is -2.02. The van der Waals surface area contributed by atoms with Gasteiger partial charge in [-0.05, 0) is 44.2 Å². The topological polar surface area (TPSA) is 91.8 Å². The Kier molecular flexibility index (Phi) is 3.64. The molecule has 3 aromatic heterocycles. The molecule has 0 saturated carbocycles. The van der Waals surface area contributed by atoms with Gasteiger partial charge in [0, 0.05) is 17.8 Å². The second-order valence-corrected chi connectivity index (χ2v) is 5.81. The van der Waals surface area contributed by atoms with Crippen molar-refractivity contribution in [3.05, 3.63) is 36.5 Å². The molecule has 0 fully saturated rings. The van der Waals surface area contributed by atoms with E-state index in [9.17, 15) is 0 Å². The van der Waals surface area contributed by atoms with Crippen LogP contribution in [0, 0.1) is 0 Å². The number of hydrogen-bond donors (Lipinski definition) is 0. The van der Waals surface area contributed by atoms with E-state index in [0.29, 0.717) is 23.2 Å². The number of benzene rings is 1. The van der Waals surface area contributed by atoms with Gasteiger partial charge in [0.1, 0.15) is 5.52 Å². The molecule has 0 atom stereocenters. The largest absolute Gasteiger partial charge is 0.480 e. The Labute approximate surface area is 143 Å². The van der Waals surface area contributed by atoms with Crippen LogP contribution in [0.15, 0.2) is 41.1 Å². The van der Waals surface area contributed by atoms with Crippen LogP contribution >= 0.6 is 0 Å². The Morgan fingerprint density at radius 3 is 2.88 bits per heavy atom. The summed E-state index contributed by atoms with van der Waals surface area (Å²) >= 11 is 0. The third-order valence-corrected chi connectivity index (χ3v) is 3.84. The van der Waals surface area contributed by atoms with Crippen LogP contribution in [0.4, 0.5) is 0 Å². The van der Waals surface area contributed by atoms with Crippen molar-refractivity contribution in [2.75, 3.05) is 7.11 Å². The van der Waals surface area contributed by atoms with Gasteiger partial charge in [0.05, 0.1) is 18.2 Å². The third-order valence-electron chi connectivity index (χ3n) is 3.84. The molecule has 3 heterocycles. The Morgan fingerprint density at radius 1 is 1.20 bits per heavy atom. The number of aromatic nitrogens is 6. The molecule has 0 spiro atoms. The standard InChI is InChI=1S/C17H16N6O2/c1-10(2)23-14-7-6-11(9-13(14)20-22-23)16-19-15(21-25-16)12-5-4-8-18-17(12)24-3/h4-10H,1-3H3. The first-order valence-corrected chi connectivity index (χ1v) is 7.86. The van der Waals surface area contributed by atoms with E-state index >= 15 is 0 Å². The SMILES string of the molecule is COc1ncccc1-c1noc(-c2ccc3c(c2)nnn3C(C)C)n1. The summed E-state index contributed by atoms with van der Waals surface area (Å²) < 4.78 is 12.5. The highest BCUT2D eigenvalue weighted by molar-refractivity contribution is 5.80. The molecule has 0 aliphatic rings. The first-order valence-electron chi connectivity index (χ1n) is 7.86. The number of pyridine rings is 1. The number of hydrogen-bond acceptors (Lipinski definition) is 7. The average molecular weight is 336 g/mol. The molecule has 8 nitrogen and oxygen atoms in total. The lowest BCUT2D eigenvalue weighted by molar-refractivity contribution is 0.398. The van der Waals surface area contributed by atoms with Crippen LogP contribution in [0.25, 0.3) is 33.9 Å². The highest BCUT2D eigenvalue weighted by Crippen LogP contribution is 2.28. The molecule has 126 valence electrons. The minimum atomic E-state index is 0.240. The monoisotopic (exact) mass is 336 g/mol. The zero-order valence-electron chi connectivity index (χ0n) is 14.0. The Bertz CT molecular complexity index is 1040. The highest BCUT2D eigenvalue weighted by Gasteiger charge is 2.16. The average Bonchev–Trinajstić information content (AvgIpc) is 3.28. The number of rotatable bonds is 4. The van der Waals surface area contributed by atoms with Crippen LogP contribution in [0.5, 0.6) is 5.88 Å². The molecule has 0 aliphatic heterocycles. The van der Waals surface area contributed by atoms with Crippen molar-refractivity contribution in [2.45, 2.75) is 19.9 Å². The van der Waals surface area contributed by atoms with Crippen LogP contribution in [0.2, 0.25) is 0 Å². The lowest BCUT2D eigenvalue weighted by Gasteiger charge is -2.04.